The van der Waals surface area contributed by atoms with Gasteiger partial charge in [-0.2, -0.15) is 17.5 Å². The molecule has 1 aromatic carbocycles. The van der Waals surface area contributed by atoms with Crippen molar-refractivity contribution in [2.75, 3.05) is 25.9 Å². The van der Waals surface area contributed by atoms with Gasteiger partial charge in [0.1, 0.15) is 0 Å². The van der Waals surface area contributed by atoms with Gasteiger partial charge in [0, 0.05) is 18.7 Å². The van der Waals surface area contributed by atoms with Crippen LogP contribution in [0.4, 0.5) is 19.0 Å². The average molecular weight is 483 g/mol. The molecular formula is C19H20F3N7O3S. The number of nitrogens with zero attached hydrogens (tertiary/aromatic N) is 6. The third kappa shape index (κ3) is 3.27. The number of aliphatic hydroxyl groups excluding tert-OH is 1. The lowest BCUT2D eigenvalue weighted by molar-refractivity contribution is -0.145. The van der Waals surface area contributed by atoms with Crippen LogP contribution in [0.2, 0.25) is 0 Å². The molecule has 0 radical (unpaired) electrons. The van der Waals surface area contributed by atoms with E-state index in [0.29, 0.717) is 17.7 Å². The number of likely N-dealkylation sites (N-methyl/N-ethyl adjacent to an activating group) is 1. The number of benzene rings is 1. The molecule has 33 heavy (non-hydrogen) atoms. The molecule has 3 aromatic rings. The molecule has 3 atom stereocenters. The highest BCUT2D eigenvalue weighted by Gasteiger charge is 2.53. The van der Waals surface area contributed by atoms with Crippen LogP contribution in [-0.4, -0.2) is 80.6 Å². The van der Waals surface area contributed by atoms with E-state index in [2.05, 4.69) is 15.1 Å². The number of anilines is 1. The van der Waals surface area contributed by atoms with Gasteiger partial charge in [0.15, 0.2) is 11.5 Å². The summed E-state index contributed by atoms with van der Waals surface area (Å²) in [5.74, 6) is -1.88. The molecule has 2 saturated heterocycles. The van der Waals surface area contributed by atoms with E-state index < -0.39 is 40.0 Å². The summed E-state index contributed by atoms with van der Waals surface area (Å²) in [4.78, 5) is 9.18. The van der Waals surface area contributed by atoms with E-state index in [0.717, 1.165) is 4.52 Å². The molecule has 14 heteroatoms. The molecule has 3 N–H and O–H groups in total. The number of hydrogen-bond acceptors (Lipinski definition) is 8. The lowest BCUT2D eigenvalue weighted by Crippen LogP contribution is -2.47. The number of aliphatic hydroxyl groups is 1. The maximum absolute atomic E-state index is 13.4. The van der Waals surface area contributed by atoms with Crippen LogP contribution in [0.3, 0.4) is 0 Å². The molecule has 5 rings (SSSR count). The van der Waals surface area contributed by atoms with Crippen LogP contribution in [0.25, 0.3) is 16.9 Å². The molecule has 2 aliphatic rings. The van der Waals surface area contributed by atoms with Gasteiger partial charge in [-0.05, 0) is 31.7 Å². The highest BCUT2D eigenvalue weighted by atomic mass is 32.2. The summed E-state index contributed by atoms with van der Waals surface area (Å²) in [6, 6.07) is 3.53. The first-order valence-corrected chi connectivity index (χ1v) is 11.4. The topological polar surface area (TPSA) is 130 Å². The Morgan fingerprint density at radius 2 is 1.94 bits per heavy atom. The summed E-state index contributed by atoms with van der Waals surface area (Å²) in [6.45, 7) is 2.26. The molecule has 0 amide bonds. The van der Waals surface area contributed by atoms with Gasteiger partial charge in [0.05, 0.1) is 35.0 Å². The van der Waals surface area contributed by atoms with Gasteiger partial charge < -0.3 is 10.8 Å². The lowest BCUT2D eigenvalue weighted by Gasteiger charge is -2.30. The van der Waals surface area contributed by atoms with E-state index in [-0.39, 0.29) is 28.8 Å². The van der Waals surface area contributed by atoms with Crippen molar-refractivity contribution in [3.8, 4) is 11.3 Å². The minimum atomic E-state index is -4.83. The van der Waals surface area contributed by atoms with Crippen LogP contribution in [0.5, 0.6) is 0 Å². The molecule has 176 valence electrons. The summed E-state index contributed by atoms with van der Waals surface area (Å²) in [7, 11) is -2.14. The first-order chi connectivity index (χ1) is 15.4. The summed E-state index contributed by atoms with van der Waals surface area (Å²) in [6.07, 6.45) is -4.34. The third-order valence-electron chi connectivity index (χ3n) is 6.30. The molecule has 4 heterocycles. The zero-order valence-corrected chi connectivity index (χ0v) is 18.3. The van der Waals surface area contributed by atoms with E-state index in [1.54, 1.807) is 13.0 Å². The predicted octanol–water partition coefficient (Wildman–Crippen LogP) is 0.749. The highest BCUT2D eigenvalue weighted by molar-refractivity contribution is 7.89. The molecular weight excluding hydrogens is 463 g/mol. The fourth-order valence-electron chi connectivity index (χ4n) is 4.54. The minimum Gasteiger partial charge on any atom is -0.390 e. The molecule has 10 nitrogen and oxygen atoms in total. The van der Waals surface area contributed by atoms with Crippen molar-refractivity contribution in [1.29, 1.82) is 0 Å². The normalized spacial score (nSPS) is 24.2. The largest absolute Gasteiger partial charge is 0.453 e. The first kappa shape index (κ1) is 22.0. The number of nitrogen functional groups attached to an aromatic ring is 1. The van der Waals surface area contributed by atoms with E-state index in [1.807, 2.05) is 11.9 Å². The Balaban J connectivity index is 1.61. The van der Waals surface area contributed by atoms with Crippen molar-refractivity contribution in [3.63, 3.8) is 0 Å². The monoisotopic (exact) mass is 483 g/mol. The van der Waals surface area contributed by atoms with E-state index >= 15 is 0 Å². The van der Waals surface area contributed by atoms with E-state index in [4.69, 9.17) is 5.73 Å². The molecule has 2 fully saturated rings. The number of imidazole rings is 1. The Morgan fingerprint density at radius 1 is 1.21 bits per heavy atom. The van der Waals surface area contributed by atoms with E-state index in [1.165, 1.54) is 22.6 Å². The lowest BCUT2D eigenvalue weighted by atomic mass is 10.1. The maximum Gasteiger partial charge on any atom is 0.453 e. The number of likely N-dealkylation sites (tertiary alicyclic amines) is 1. The third-order valence-corrected chi connectivity index (χ3v) is 8.19. The summed E-state index contributed by atoms with van der Waals surface area (Å²) < 4.78 is 68.6. The number of nitrogens with two attached hydrogens (primary N) is 1. The second kappa shape index (κ2) is 7.09. The summed E-state index contributed by atoms with van der Waals surface area (Å²) >= 11 is 0. The summed E-state index contributed by atoms with van der Waals surface area (Å²) in [5.41, 5.74) is 6.66. The molecule has 0 spiro atoms. The Labute approximate surface area is 186 Å². The first-order valence-electron chi connectivity index (χ1n) is 9.99. The smallest absolute Gasteiger partial charge is 0.390 e. The number of halogens is 3. The minimum absolute atomic E-state index is 0.0430. The Morgan fingerprint density at radius 3 is 2.55 bits per heavy atom. The average Bonchev–Trinajstić information content (AvgIpc) is 3.38. The Bertz CT molecular complexity index is 1370. The number of piperazine rings is 1. The van der Waals surface area contributed by atoms with Crippen molar-refractivity contribution in [1.82, 2.24) is 28.8 Å². The maximum atomic E-state index is 13.4. The SMILES string of the molecule is Cc1ccc(S(=O)(=O)N2CC3C(O)C2CN3C)cc1-c1cnc2c(N)nc(C(F)(F)F)nn12. The second-order valence-corrected chi connectivity index (χ2v) is 10.2. The fourth-order valence-corrected chi connectivity index (χ4v) is 6.21. The summed E-state index contributed by atoms with van der Waals surface area (Å²) in [5, 5.41) is 13.9. The predicted molar refractivity (Wildman–Crippen MR) is 110 cm³/mol. The van der Waals surface area contributed by atoms with Crippen LogP contribution in [0, 0.1) is 6.92 Å². The highest BCUT2D eigenvalue weighted by Crippen LogP contribution is 2.36. The van der Waals surface area contributed by atoms with Gasteiger partial charge in [-0.3, -0.25) is 4.90 Å². The fraction of sp³-hybridized carbons (Fsp3) is 0.421. The van der Waals surface area contributed by atoms with Crippen molar-refractivity contribution >= 4 is 21.5 Å². The van der Waals surface area contributed by atoms with Crippen LogP contribution in [-0.2, 0) is 16.2 Å². The van der Waals surface area contributed by atoms with Gasteiger partial charge in [0.2, 0.25) is 10.0 Å². The van der Waals surface area contributed by atoms with Crippen LogP contribution < -0.4 is 5.73 Å². The quantitative estimate of drug-likeness (QED) is 0.558. The number of fused-ring (bicyclic) bond motifs is 3. The molecule has 0 aliphatic carbocycles. The van der Waals surface area contributed by atoms with Gasteiger partial charge in [0.25, 0.3) is 5.82 Å². The second-order valence-electron chi connectivity index (χ2n) is 8.31. The van der Waals surface area contributed by atoms with Crippen molar-refractivity contribution in [2.45, 2.75) is 36.2 Å². The van der Waals surface area contributed by atoms with Gasteiger partial charge in [-0.15, -0.1) is 5.10 Å². The molecule has 2 bridgehead atoms. The number of sulfonamides is 1. The van der Waals surface area contributed by atoms with Crippen LogP contribution in [0.1, 0.15) is 11.4 Å². The molecule has 2 aliphatic heterocycles. The Kier molecular flexibility index (Phi) is 4.73. The van der Waals surface area contributed by atoms with Crippen LogP contribution >= 0.6 is 0 Å². The molecule has 2 aromatic heterocycles. The zero-order chi connectivity index (χ0) is 23.9. The van der Waals surface area contributed by atoms with Gasteiger partial charge in [-0.25, -0.2) is 22.9 Å². The van der Waals surface area contributed by atoms with E-state index in [9.17, 15) is 26.7 Å². The Hall–Kier alpha value is -2.81. The standard InChI is InChI=1S/C19H20F3N7O3S/c1-9-3-4-10(33(31,32)28-8-13-15(30)14(28)7-27(13)2)5-11(9)12-6-24-17-16(23)25-18(19(20,21)22)26-29(12)17/h3-6,13-15,30H,7-8H2,1-2H3,(H2,23,25,26). The van der Waals surface area contributed by atoms with Crippen molar-refractivity contribution < 1.29 is 26.7 Å². The van der Waals surface area contributed by atoms with Gasteiger partial charge >= 0.3 is 6.18 Å². The van der Waals surface area contributed by atoms with Crippen molar-refractivity contribution in [2.24, 2.45) is 0 Å². The van der Waals surface area contributed by atoms with Gasteiger partial charge in [-0.1, -0.05) is 6.07 Å². The zero-order valence-electron chi connectivity index (χ0n) is 17.5. The number of rotatable bonds is 3. The van der Waals surface area contributed by atoms with Crippen LogP contribution in [0.15, 0.2) is 29.3 Å². The molecule has 3 unspecified atom stereocenters. The number of aryl methyl sites for hydroxylation is 1. The van der Waals surface area contributed by atoms with Crippen molar-refractivity contribution in [3.05, 3.63) is 35.8 Å². The molecule has 0 saturated carbocycles. The number of hydrogen-bond donors (Lipinski definition) is 2. The number of alkyl halides is 3. The number of aromatic nitrogens is 4.